The van der Waals surface area contributed by atoms with Crippen LogP contribution in [0, 0.1) is 6.92 Å². The normalized spacial score (nSPS) is 12.1. The van der Waals surface area contributed by atoms with Crippen LogP contribution < -0.4 is 10.5 Å². The number of carbonyl (C=O) groups is 1. The van der Waals surface area contributed by atoms with Crippen molar-refractivity contribution in [2.45, 2.75) is 25.9 Å². The van der Waals surface area contributed by atoms with Crippen molar-refractivity contribution < 1.29 is 22.7 Å². The smallest absolute Gasteiger partial charge is 0.406 e. The summed E-state index contributed by atoms with van der Waals surface area (Å²) in [7, 11) is 1.59. The molecule has 0 spiro atoms. The highest BCUT2D eigenvalue weighted by Crippen LogP contribution is 2.23. The van der Waals surface area contributed by atoms with E-state index < -0.39 is 12.4 Å². The Labute approximate surface area is 156 Å². The number of rotatable bonds is 5. The van der Waals surface area contributed by atoms with Crippen LogP contribution in [-0.2, 0) is 11.3 Å². The van der Waals surface area contributed by atoms with E-state index in [1.165, 1.54) is 29.2 Å². The number of halogens is 4. The van der Waals surface area contributed by atoms with Gasteiger partial charge >= 0.3 is 6.36 Å². The van der Waals surface area contributed by atoms with Crippen LogP contribution in [0.2, 0.25) is 0 Å². The minimum Gasteiger partial charge on any atom is -0.406 e. The lowest BCUT2D eigenvalue weighted by Crippen LogP contribution is -2.35. The van der Waals surface area contributed by atoms with E-state index in [0.717, 1.165) is 5.56 Å². The number of ether oxygens (including phenoxy) is 1. The summed E-state index contributed by atoms with van der Waals surface area (Å²) < 4.78 is 40.2. The molecule has 0 saturated heterocycles. The van der Waals surface area contributed by atoms with E-state index in [1.54, 1.807) is 19.2 Å². The van der Waals surface area contributed by atoms with Gasteiger partial charge in [0.15, 0.2) is 0 Å². The molecule has 0 bridgehead atoms. The van der Waals surface area contributed by atoms with Crippen molar-refractivity contribution in [2.24, 2.45) is 5.73 Å². The zero-order chi connectivity index (χ0) is 18.6. The average Bonchev–Trinajstić information content (AvgIpc) is 2.54. The van der Waals surface area contributed by atoms with Crippen LogP contribution in [-0.4, -0.2) is 24.2 Å². The van der Waals surface area contributed by atoms with Gasteiger partial charge in [-0.1, -0.05) is 42.0 Å². The van der Waals surface area contributed by atoms with Gasteiger partial charge in [-0.2, -0.15) is 0 Å². The summed E-state index contributed by atoms with van der Waals surface area (Å²) in [5.74, 6) is -0.582. The monoisotopic (exact) mass is 388 g/mol. The van der Waals surface area contributed by atoms with Crippen molar-refractivity contribution in [1.29, 1.82) is 0 Å². The molecule has 0 saturated carbocycles. The SMILES string of the molecule is Cc1ccc(C(N)C(=O)N(C)Cc2ccc(OC(F)(F)F)cc2)cc1.Cl. The Morgan fingerprint density at radius 2 is 1.65 bits per heavy atom. The number of carbonyl (C=O) groups excluding carboxylic acids is 1. The van der Waals surface area contributed by atoms with Gasteiger partial charge in [-0.3, -0.25) is 4.79 Å². The summed E-state index contributed by atoms with van der Waals surface area (Å²) in [4.78, 5) is 13.8. The fourth-order valence-electron chi connectivity index (χ4n) is 2.30. The second-order valence-corrected chi connectivity index (χ2v) is 5.77. The Bertz CT molecular complexity index is 719. The molecule has 142 valence electrons. The molecule has 0 radical (unpaired) electrons. The van der Waals surface area contributed by atoms with Crippen molar-refractivity contribution in [3.05, 3.63) is 65.2 Å². The third kappa shape index (κ3) is 6.24. The molecule has 0 aliphatic carbocycles. The number of hydrogen-bond donors (Lipinski definition) is 1. The maximum absolute atomic E-state index is 12.4. The number of amides is 1. The summed E-state index contributed by atoms with van der Waals surface area (Å²) in [5.41, 5.74) is 8.44. The van der Waals surface area contributed by atoms with Crippen LogP contribution in [0.15, 0.2) is 48.5 Å². The fraction of sp³-hybridized carbons (Fsp3) is 0.278. The maximum atomic E-state index is 12.4. The highest BCUT2D eigenvalue weighted by atomic mass is 35.5. The molecule has 2 aromatic carbocycles. The molecule has 26 heavy (non-hydrogen) atoms. The maximum Gasteiger partial charge on any atom is 0.573 e. The zero-order valence-electron chi connectivity index (χ0n) is 14.3. The summed E-state index contributed by atoms with van der Waals surface area (Å²) in [5, 5.41) is 0. The van der Waals surface area contributed by atoms with Crippen LogP contribution in [0.3, 0.4) is 0 Å². The molecule has 8 heteroatoms. The third-order valence-electron chi connectivity index (χ3n) is 3.66. The fourth-order valence-corrected chi connectivity index (χ4v) is 2.30. The number of nitrogens with two attached hydrogens (primary N) is 1. The molecule has 4 nitrogen and oxygen atoms in total. The average molecular weight is 389 g/mol. The summed E-state index contributed by atoms with van der Waals surface area (Å²) >= 11 is 0. The lowest BCUT2D eigenvalue weighted by Gasteiger charge is -2.22. The number of nitrogens with zero attached hydrogens (tertiary/aromatic N) is 1. The van der Waals surface area contributed by atoms with Gasteiger partial charge in [0.1, 0.15) is 11.8 Å². The molecule has 0 heterocycles. The Morgan fingerprint density at radius 3 is 2.15 bits per heavy atom. The second kappa shape index (κ2) is 8.91. The van der Waals surface area contributed by atoms with E-state index >= 15 is 0 Å². The van der Waals surface area contributed by atoms with E-state index in [2.05, 4.69) is 4.74 Å². The van der Waals surface area contributed by atoms with Crippen LogP contribution in [0.25, 0.3) is 0 Å². The lowest BCUT2D eigenvalue weighted by molar-refractivity contribution is -0.274. The van der Waals surface area contributed by atoms with Crippen LogP contribution in [0.4, 0.5) is 13.2 Å². The summed E-state index contributed by atoms with van der Waals surface area (Å²) in [6.07, 6.45) is -4.73. The molecule has 0 aromatic heterocycles. The first-order chi connectivity index (χ1) is 11.7. The van der Waals surface area contributed by atoms with Crippen LogP contribution in [0.1, 0.15) is 22.7 Å². The molecule has 0 aliphatic heterocycles. The Balaban J connectivity index is 0.00000338. The third-order valence-corrected chi connectivity index (χ3v) is 3.66. The van der Waals surface area contributed by atoms with Crippen molar-refractivity contribution >= 4 is 18.3 Å². The molecule has 0 fully saturated rings. The topological polar surface area (TPSA) is 55.6 Å². The van der Waals surface area contributed by atoms with Crippen molar-refractivity contribution in [3.63, 3.8) is 0 Å². The Hall–Kier alpha value is -2.25. The highest BCUT2D eigenvalue weighted by molar-refractivity contribution is 5.85. The minimum atomic E-state index is -4.73. The second-order valence-electron chi connectivity index (χ2n) is 5.77. The first kappa shape index (κ1) is 21.8. The van der Waals surface area contributed by atoms with E-state index in [4.69, 9.17) is 5.73 Å². The van der Waals surface area contributed by atoms with Crippen molar-refractivity contribution in [2.75, 3.05) is 7.05 Å². The first-order valence-electron chi connectivity index (χ1n) is 7.57. The largest absolute Gasteiger partial charge is 0.573 e. The van der Waals surface area contributed by atoms with E-state index in [0.29, 0.717) is 11.1 Å². The molecule has 2 rings (SSSR count). The first-order valence-corrected chi connectivity index (χ1v) is 7.57. The Morgan fingerprint density at radius 1 is 1.12 bits per heavy atom. The zero-order valence-corrected chi connectivity index (χ0v) is 15.1. The van der Waals surface area contributed by atoms with Gasteiger partial charge in [0.2, 0.25) is 5.91 Å². The minimum absolute atomic E-state index is 0. The molecule has 2 N–H and O–H groups in total. The van der Waals surface area contributed by atoms with E-state index in [1.807, 2.05) is 19.1 Å². The van der Waals surface area contributed by atoms with Gasteiger partial charge in [0.25, 0.3) is 0 Å². The molecule has 1 atom stereocenters. The predicted octanol–water partition coefficient (Wildman–Crippen LogP) is 3.97. The van der Waals surface area contributed by atoms with E-state index in [-0.39, 0.29) is 30.6 Å². The molecule has 1 amide bonds. The molecule has 0 aliphatic rings. The van der Waals surface area contributed by atoms with Gasteiger partial charge in [0.05, 0.1) is 0 Å². The lowest BCUT2D eigenvalue weighted by atomic mass is 10.0. The number of benzene rings is 2. The number of likely N-dealkylation sites (N-methyl/N-ethyl adjacent to an activating group) is 1. The molecule has 2 aromatic rings. The quantitative estimate of drug-likeness (QED) is 0.843. The number of aryl methyl sites for hydroxylation is 1. The Kier molecular flexibility index (Phi) is 7.47. The van der Waals surface area contributed by atoms with Gasteiger partial charge in [-0.05, 0) is 30.2 Å². The van der Waals surface area contributed by atoms with Gasteiger partial charge in [-0.25, -0.2) is 0 Å². The summed E-state index contributed by atoms with van der Waals surface area (Å²) in [6, 6.07) is 11.9. The van der Waals surface area contributed by atoms with Crippen molar-refractivity contribution in [3.8, 4) is 5.75 Å². The van der Waals surface area contributed by atoms with Gasteiger partial charge in [0, 0.05) is 13.6 Å². The van der Waals surface area contributed by atoms with Gasteiger partial charge in [-0.15, -0.1) is 25.6 Å². The number of alkyl halides is 3. The van der Waals surface area contributed by atoms with Gasteiger partial charge < -0.3 is 15.4 Å². The van der Waals surface area contributed by atoms with E-state index in [9.17, 15) is 18.0 Å². The summed E-state index contributed by atoms with van der Waals surface area (Å²) in [6.45, 7) is 2.17. The van der Waals surface area contributed by atoms with Crippen molar-refractivity contribution in [1.82, 2.24) is 4.90 Å². The number of hydrogen-bond acceptors (Lipinski definition) is 3. The molecular formula is C18H20ClF3N2O2. The van der Waals surface area contributed by atoms with Crippen LogP contribution >= 0.6 is 12.4 Å². The molecular weight excluding hydrogens is 369 g/mol. The van der Waals surface area contributed by atoms with Crippen LogP contribution in [0.5, 0.6) is 5.75 Å². The predicted molar refractivity (Wildman–Crippen MR) is 95.0 cm³/mol. The highest BCUT2D eigenvalue weighted by Gasteiger charge is 2.31. The molecule has 1 unspecified atom stereocenters. The standard InChI is InChI=1S/C18H19F3N2O2.ClH/c1-12-3-7-14(8-4-12)16(22)17(24)23(2)11-13-5-9-15(10-6-13)25-18(19,20)21;/h3-10,16H,11,22H2,1-2H3;1H.